The SMILES string of the molecule is Cc1cn2c(CC(=O)N(C)CC(=O)O)csc2n1. The molecule has 2 rings (SSSR count). The van der Waals surface area contributed by atoms with Crippen molar-refractivity contribution < 1.29 is 14.7 Å². The van der Waals surface area contributed by atoms with Crippen LogP contribution >= 0.6 is 11.3 Å². The Morgan fingerprint density at radius 1 is 1.56 bits per heavy atom. The third-order valence-electron chi connectivity index (χ3n) is 2.53. The van der Waals surface area contributed by atoms with Crippen LogP contribution in [0.1, 0.15) is 11.4 Å². The summed E-state index contributed by atoms with van der Waals surface area (Å²) in [6, 6.07) is 0. The molecule has 0 unspecified atom stereocenters. The molecule has 0 saturated heterocycles. The van der Waals surface area contributed by atoms with Crippen LogP contribution in [0.2, 0.25) is 0 Å². The van der Waals surface area contributed by atoms with E-state index in [0.717, 1.165) is 16.3 Å². The van der Waals surface area contributed by atoms with Gasteiger partial charge >= 0.3 is 5.97 Å². The van der Waals surface area contributed by atoms with Crippen LogP contribution in [0.4, 0.5) is 0 Å². The fourth-order valence-corrected chi connectivity index (χ4v) is 2.57. The van der Waals surface area contributed by atoms with Gasteiger partial charge in [-0.25, -0.2) is 4.98 Å². The summed E-state index contributed by atoms with van der Waals surface area (Å²) < 4.78 is 1.87. The van der Waals surface area contributed by atoms with Gasteiger partial charge in [0.1, 0.15) is 6.54 Å². The summed E-state index contributed by atoms with van der Waals surface area (Å²) in [4.78, 5) is 28.7. The molecule has 7 heteroatoms. The van der Waals surface area contributed by atoms with Crippen molar-refractivity contribution in [3.8, 4) is 0 Å². The Morgan fingerprint density at radius 2 is 2.28 bits per heavy atom. The number of carbonyl (C=O) groups excluding carboxylic acids is 1. The molecule has 96 valence electrons. The smallest absolute Gasteiger partial charge is 0.323 e. The number of imidazole rings is 1. The second-order valence-electron chi connectivity index (χ2n) is 4.08. The maximum Gasteiger partial charge on any atom is 0.323 e. The van der Waals surface area contributed by atoms with E-state index in [1.165, 1.54) is 23.3 Å². The van der Waals surface area contributed by atoms with Crippen LogP contribution in [-0.4, -0.2) is 44.9 Å². The predicted octanol–water partition coefficient (Wildman–Crippen LogP) is 0.790. The molecule has 0 aliphatic heterocycles. The van der Waals surface area contributed by atoms with E-state index >= 15 is 0 Å². The highest BCUT2D eigenvalue weighted by atomic mass is 32.1. The number of aromatic nitrogens is 2. The van der Waals surface area contributed by atoms with Gasteiger partial charge in [-0.05, 0) is 6.92 Å². The van der Waals surface area contributed by atoms with Crippen molar-refractivity contribution in [3.63, 3.8) is 0 Å². The molecular weight excluding hydrogens is 254 g/mol. The number of amides is 1. The molecule has 0 atom stereocenters. The highest BCUT2D eigenvalue weighted by Gasteiger charge is 2.15. The summed E-state index contributed by atoms with van der Waals surface area (Å²) in [5, 5.41) is 10.5. The van der Waals surface area contributed by atoms with Crippen LogP contribution < -0.4 is 0 Å². The lowest BCUT2D eigenvalue weighted by Crippen LogP contribution is -2.33. The Balaban J connectivity index is 2.13. The first kappa shape index (κ1) is 12.6. The molecule has 0 fully saturated rings. The molecule has 1 amide bonds. The van der Waals surface area contributed by atoms with Gasteiger partial charge in [-0.1, -0.05) is 0 Å². The molecule has 0 aliphatic carbocycles. The van der Waals surface area contributed by atoms with Gasteiger partial charge in [0.15, 0.2) is 4.96 Å². The molecule has 1 N–H and O–H groups in total. The summed E-state index contributed by atoms with van der Waals surface area (Å²) in [6.45, 7) is 1.61. The zero-order valence-electron chi connectivity index (χ0n) is 10.1. The van der Waals surface area contributed by atoms with E-state index < -0.39 is 5.97 Å². The number of carboxylic acids is 1. The lowest BCUT2D eigenvalue weighted by Gasteiger charge is -2.13. The van der Waals surface area contributed by atoms with Crippen molar-refractivity contribution in [2.24, 2.45) is 0 Å². The molecule has 2 aromatic rings. The maximum atomic E-state index is 11.8. The molecule has 2 heterocycles. The van der Waals surface area contributed by atoms with E-state index in [-0.39, 0.29) is 18.9 Å². The number of aliphatic carboxylic acids is 1. The average Bonchev–Trinajstić information content (AvgIpc) is 2.78. The van der Waals surface area contributed by atoms with Gasteiger partial charge < -0.3 is 10.0 Å². The monoisotopic (exact) mass is 267 g/mol. The zero-order valence-corrected chi connectivity index (χ0v) is 10.9. The number of hydrogen-bond donors (Lipinski definition) is 1. The number of likely N-dealkylation sites (N-methyl/N-ethyl adjacent to an activating group) is 1. The fourth-order valence-electron chi connectivity index (χ4n) is 1.65. The number of thiazole rings is 1. The molecule has 0 bridgehead atoms. The van der Waals surface area contributed by atoms with Crippen LogP contribution in [0.5, 0.6) is 0 Å². The van der Waals surface area contributed by atoms with Gasteiger partial charge in [-0.2, -0.15) is 0 Å². The summed E-state index contributed by atoms with van der Waals surface area (Å²) in [6.07, 6.45) is 2.05. The lowest BCUT2D eigenvalue weighted by molar-refractivity contribution is -0.143. The summed E-state index contributed by atoms with van der Waals surface area (Å²) in [5.41, 5.74) is 1.73. The van der Waals surface area contributed by atoms with Crippen LogP contribution in [0.3, 0.4) is 0 Å². The number of carboxylic acid groups (broad SMARTS) is 1. The first-order valence-corrected chi connectivity index (χ1v) is 6.23. The van der Waals surface area contributed by atoms with Crippen molar-refractivity contribution >= 4 is 28.2 Å². The van der Waals surface area contributed by atoms with Crippen molar-refractivity contribution in [1.82, 2.24) is 14.3 Å². The molecule has 0 aliphatic rings. The molecule has 2 aromatic heterocycles. The van der Waals surface area contributed by atoms with Crippen LogP contribution in [0, 0.1) is 6.92 Å². The lowest BCUT2D eigenvalue weighted by atomic mass is 10.3. The van der Waals surface area contributed by atoms with Crippen molar-refractivity contribution in [2.75, 3.05) is 13.6 Å². The highest BCUT2D eigenvalue weighted by molar-refractivity contribution is 7.15. The molecule has 0 saturated carbocycles. The minimum Gasteiger partial charge on any atom is -0.480 e. The highest BCUT2D eigenvalue weighted by Crippen LogP contribution is 2.17. The van der Waals surface area contributed by atoms with E-state index in [9.17, 15) is 9.59 Å². The predicted molar refractivity (Wildman–Crippen MR) is 66.8 cm³/mol. The average molecular weight is 267 g/mol. The summed E-state index contributed by atoms with van der Waals surface area (Å²) in [5.74, 6) is -1.23. The third-order valence-corrected chi connectivity index (χ3v) is 3.42. The zero-order chi connectivity index (χ0) is 13.3. The molecule has 18 heavy (non-hydrogen) atoms. The number of fused-ring (bicyclic) bond motifs is 1. The first-order chi connectivity index (χ1) is 8.47. The number of carbonyl (C=O) groups is 2. The first-order valence-electron chi connectivity index (χ1n) is 5.35. The van der Waals surface area contributed by atoms with Gasteiger partial charge in [0.25, 0.3) is 0 Å². The largest absolute Gasteiger partial charge is 0.480 e. The number of rotatable bonds is 4. The Kier molecular flexibility index (Phi) is 3.33. The fraction of sp³-hybridized carbons (Fsp3) is 0.364. The van der Waals surface area contributed by atoms with Gasteiger partial charge in [0.05, 0.1) is 12.1 Å². The number of aryl methyl sites for hydroxylation is 1. The number of nitrogens with zero attached hydrogens (tertiary/aromatic N) is 3. The summed E-state index contributed by atoms with van der Waals surface area (Å²) in [7, 11) is 1.49. The van der Waals surface area contributed by atoms with Crippen molar-refractivity contribution in [1.29, 1.82) is 0 Å². The maximum absolute atomic E-state index is 11.8. The Labute approximate surface area is 107 Å². The second kappa shape index (κ2) is 4.77. The quantitative estimate of drug-likeness (QED) is 0.888. The van der Waals surface area contributed by atoms with E-state index in [4.69, 9.17) is 5.11 Å². The minimum atomic E-state index is -1.01. The molecule has 0 spiro atoms. The van der Waals surface area contributed by atoms with E-state index in [1.54, 1.807) is 0 Å². The third kappa shape index (κ3) is 2.51. The van der Waals surface area contributed by atoms with E-state index in [1.807, 2.05) is 22.9 Å². The van der Waals surface area contributed by atoms with Gasteiger partial charge in [0, 0.05) is 24.3 Å². The van der Waals surface area contributed by atoms with Gasteiger partial charge in [-0.15, -0.1) is 11.3 Å². The Bertz CT molecular complexity index is 602. The molecule has 0 radical (unpaired) electrons. The molecule has 6 nitrogen and oxygen atoms in total. The Hall–Kier alpha value is -1.89. The topological polar surface area (TPSA) is 74.9 Å². The van der Waals surface area contributed by atoms with Crippen LogP contribution in [0.25, 0.3) is 4.96 Å². The van der Waals surface area contributed by atoms with Crippen LogP contribution in [0.15, 0.2) is 11.6 Å². The van der Waals surface area contributed by atoms with E-state index in [0.29, 0.717) is 0 Å². The number of hydrogen-bond acceptors (Lipinski definition) is 4. The summed E-state index contributed by atoms with van der Waals surface area (Å²) >= 11 is 1.47. The van der Waals surface area contributed by atoms with E-state index in [2.05, 4.69) is 4.98 Å². The van der Waals surface area contributed by atoms with Gasteiger partial charge in [-0.3, -0.25) is 14.0 Å². The normalized spacial score (nSPS) is 10.8. The molecule has 0 aromatic carbocycles. The van der Waals surface area contributed by atoms with Gasteiger partial charge in [0.2, 0.25) is 5.91 Å². The second-order valence-corrected chi connectivity index (χ2v) is 4.92. The van der Waals surface area contributed by atoms with Crippen LogP contribution in [-0.2, 0) is 16.0 Å². The van der Waals surface area contributed by atoms with Crippen molar-refractivity contribution in [3.05, 3.63) is 23.0 Å². The molecular formula is C11H13N3O3S. The Morgan fingerprint density at radius 3 is 2.94 bits per heavy atom. The minimum absolute atomic E-state index is 0.180. The van der Waals surface area contributed by atoms with Crippen molar-refractivity contribution in [2.45, 2.75) is 13.3 Å². The standard InChI is InChI=1S/C11H13N3O3S/c1-7-4-14-8(6-18-11(14)12-7)3-9(15)13(2)5-10(16)17/h4,6H,3,5H2,1-2H3,(H,16,17).